The highest BCUT2D eigenvalue weighted by Gasteiger charge is 1.97. The summed E-state index contributed by atoms with van der Waals surface area (Å²) in [6, 6.07) is 4.88. The topological polar surface area (TPSA) is 58.9 Å². The average Bonchev–Trinajstić information content (AvgIpc) is 2.12. The van der Waals surface area contributed by atoms with Crippen molar-refractivity contribution in [3.63, 3.8) is 0 Å². The van der Waals surface area contributed by atoms with Crippen molar-refractivity contribution in [3.05, 3.63) is 23.8 Å². The Morgan fingerprint density at radius 2 is 1.85 bits per heavy atom. The van der Waals surface area contributed by atoms with Gasteiger partial charge >= 0.3 is 0 Å². The van der Waals surface area contributed by atoms with Gasteiger partial charge in [-0.25, -0.2) is 9.59 Å². The zero-order valence-electron chi connectivity index (χ0n) is 6.94. The number of isocyanates is 2. The minimum absolute atomic E-state index is 0.426. The number of benzene rings is 1. The molecule has 0 aliphatic heterocycles. The molecule has 0 aliphatic carbocycles. The van der Waals surface area contributed by atoms with Crippen LogP contribution in [0.25, 0.3) is 0 Å². The Bertz CT molecular complexity index is 414. The van der Waals surface area contributed by atoms with E-state index in [1.807, 2.05) is 0 Å². The van der Waals surface area contributed by atoms with Gasteiger partial charge in [-0.05, 0) is 24.6 Å². The Morgan fingerprint density at radius 1 is 1.15 bits per heavy atom. The molecule has 13 heavy (non-hydrogen) atoms. The van der Waals surface area contributed by atoms with E-state index >= 15 is 0 Å². The molecule has 1 aromatic carbocycles. The smallest absolute Gasteiger partial charge is 0.211 e. The first kappa shape index (κ1) is 9.07. The van der Waals surface area contributed by atoms with Crippen molar-refractivity contribution in [3.8, 4) is 0 Å². The van der Waals surface area contributed by atoms with Crippen LogP contribution in [0.15, 0.2) is 28.2 Å². The zero-order valence-corrected chi connectivity index (χ0v) is 6.94. The third-order valence-electron chi connectivity index (χ3n) is 1.53. The molecule has 0 radical (unpaired) electrons. The second-order valence-electron chi connectivity index (χ2n) is 2.38. The fourth-order valence-electron chi connectivity index (χ4n) is 0.890. The van der Waals surface area contributed by atoms with E-state index in [-0.39, 0.29) is 0 Å². The molecule has 0 saturated heterocycles. The number of hydrogen-bond donors (Lipinski definition) is 0. The summed E-state index contributed by atoms with van der Waals surface area (Å²) in [7, 11) is 0. The molecule has 1 aromatic rings. The molecule has 64 valence electrons. The summed E-state index contributed by atoms with van der Waals surface area (Å²) in [4.78, 5) is 26.8. The standard InChI is InChI=1S/C9H6N2O2/c1-7-2-3-8(10-5-12)4-9(7)11-6-13/h2-4H,1H3/i5+2,6+2. The van der Waals surface area contributed by atoms with Gasteiger partial charge in [0, 0.05) is 0 Å². The summed E-state index contributed by atoms with van der Waals surface area (Å²) < 4.78 is 0. The maximum Gasteiger partial charge on any atom is 0.240 e. The molecule has 4 nitrogen and oxygen atoms in total. The largest absolute Gasteiger partial charge is 0.240 e. The predicted octanol–water partition coefficient (Wildman–Crippen LogP) is 1.93. The molecular formula is C9H6N2O2. The summed E-state index contributed by atoms with van der Waals surface area (Å²) in [5, 5.41) is 0. The van der Waals surface area contributed by atoms with Gasteiger partial charge in [0.15, 0.2) is 0 Å². The number of carbonyl (C=O) groups excluding carboxylic acids is 2. The van der Waals surface area contributed by atoms with E-state index in [0.29, 0.717) is 11.4 Å². The zero-order chi connectivity index (χ0) is 9.68. The first-order valence-corrected chi connectivity index (χ1v) is 3.54. The maximum atomic E-state index is 10.00. The Balaban J connectivity index is 3.25. The van der Waals surface area contributed by atoms with Crippen molar-refractivity contribution < 1.29 is 9.59 Å². The highest BCUT2D eigenvalue weighted by molar-refractivity contribution is 5.61. The van der Waals surface area contributed by atoms with E-state index in [1.165, 1.54) is 18.2 Å². The van der Waals surface area contributed by atoms with Crippen LogP contribution in [0, 0.1) is 6.92 Å². The molecular weight excluding hydrogens is 172 g/mol. The van der Waals surface area contributed by atoms with Crippen LogP contribution in [0.5, 0.6) is 0 Å². The first-order chi connectivity index (χ1) is 6.27. The molecule has 0 saturated carbocycles. The van der Waals surface area contributed by atoms with E-state index in [4.69, 9.17) is 0 Å². The van der Waals surface area contributed by atoms with Gasteiger partial charge in [0.05, 0.1) is 11.4 Å². The van der Waals surface area contributed by atoms with Gasteiger partial charge in [-0.1, -0.05) is 6.07 Å². The van der Waals surface area contributed by atoms with Gasteiger partial charge in [-0.3, -0.25) is 0 Å². The van der Waals surface area contributed by atoms with E-state index in [0.717, 1.165) is 5.56 Å². The van der Waals surface area contributed by atoms with E-state index in [1.54, 1.807) is 19.1 Å². The number of aryl methyl sites for hydroxylation is 1. The Hall–Kier alpha value is -2.02. The van der Waals surface area contributed by atoms with Crippen LogP contribution in [0.2, 0.25) is 0 Å². The lowest BCUT2D eigenvalue weighted by Crippen LogP contribution is -1.73. The normalized spacial score (nSPS) is 8.38. The quantitative estimate of drug-likeness (QED) is 0.513. The minimum Gasteiger partial charge on any atom is -0.211 e. The van der Waals surface area contributed by atoms with Crippen LogP contribution >= 0.6 is 0 Å². The lowest BCUT2D eigenvalue weighted by Gasteiger charge is -1.97. The molecule has 0 aromatic heterocycles. The van der Waals surface area contributed by atoms with Crippen LogP contribution < -0.4 is 0 Å². The van der Waals surface area contributed by atoms with E-state index < -0.39 is 0 Å². The highest BCUT2D eigenvalue weighted by Crippen LogP contribution is 2.23. The fourth-order valence-corrected chi connectivity index (χ4v) is 0.890. The number of aliphatic imine (C=N–C) groups is 2. The van der Waals surface area contributed by atoms with Crippen molar-refractivity contribution in [2.75, 3.05) is 0 Å². The van der Waals surface area contributed by atoms with Crippen molar-refractivity contribution in [1.82, 2.24) is 0 Å². The molecule has 0 unspecified atom stereocenters. The first-order valence-electron chi connectivity index (χ1n) is 3.54. The van der Waals surface area contributed by atoms with Crippen LogP contribution in [0.1, 0.15) is 5.56 Å². The highest BCUT2D eigenvalue weighted by atomic mass is 16.3. The van der Waals surface area contributed by atoms with Gasteiger partial charge < -0.3 is 0 Å². The van der Waals surface area contributed by atoms with Crippen LogP contribution in [-0.2, 0) is 9.59 Å². The molecule has 0 spiro atoms. The second kappa shape index (κ2) is 4.12. The van der Waals surface area contributed by atoms with Crippen molar-refractivity contribution in [2.45, 2.75) is 6.92 Å². The number of nitrogens with zero attached hydrogens (tertiary/aromatic N) is 2. The van der Waals surface area contributed by atoms with Crippen molar-refractivity contribution in [2.24, 2.45) is 9.98 Å². The lowest BCUT2D eigenvalue weighted by atomic mass is 10.2. The second-order valence-corrected chi connectivity index (χ2v) is 2.38. The third kappa shape index (κ3) is 2.20. The number of hydrogen-bond acceptors (Lipinski definition) is 4. The predicted molar refractivity (Wildman–Crippen MR) is 46.7 cm³/mol. The molecule has 0 N–H and O–H groups in total. The summed E-state index contributed by atoms with van der Waals surface area (Å²) in [5.41, 5.74) is 1.72. The van der Waals surface area contributed by atoms with Gasteiger partial charge in [-0.2, -0.15) is 9.98 Å². The van der Waals surface area contributed by atoms with Gasteiger partial charge in [-0.15, -0.1) is 0 Å². The molecule has 0 aliphatic rings. The van der Waals surface area contributed by atoms with E-state index in [9.17, 15) is 9.59 Å². The van der Waals surface area contributed by atoms with Crippen molar-refractivity contribution in [1.29, 1.82) is 0 Å². The molecule has 0 bridgehead atoms. The molecule has 0 heterocycles. The molecule has 0 fully saturated rings. The minimum atomic E-state index is 0.426. The van der Waals surface area contributed by atoms with Gasteiger partial charge in [0.1, 0.15) is 0 Å². The number of rotatable bonds is 2. The Kier molecular flexibility index (Phi) is 2.87. The monoisotopic (exact) mass is 178 g/mol. The molecule has 0 atom stereocenters. The summed E-state index contributed by atoms with van der Waals surface area (Å²) in [5.74, 6) is 0. The Morgan fingerprint density at radius 3 is 2.46 bits per heavy atom. The third-order valence-corrected chi connectivity index (χ3v) is 1.53. The van der Waals surface area contributed by atoms with Crippen LogP contribution in [0.4, 0.5) is 11.4 Å². The molecule has 1 rings (SSSR count). The van der Waals surface area contributed by atoms with Crippen molar-refractivity contribution >= 4 is 23.5 Å². The Labute approximate surface area is 74.6 Å². The summed E-state index contributed by atoms with van der Waals surface area (Å²) in [6.07, 6.45) is 2.84. The van der Waals surface area contributed by atoms with E-state index in [2.05, 4.69) is 9.98 Å². The van der Waals surface area contributed by atoms with Crippen LogP contribution in [0.3, 0.4) is 0 Å². The molecule has 4 heteroatoms. The van der Waals surface area contributed by atoms with Gasteiger partial charge in [0.2, 0.25) is 12.2 Å². The molecule has 0 amide bonds. The summed E-state index contributed by atoms with van der Waals surface area (Å²) in [6.45, 7) is 1.80. The SMILES string of the molecule is Cc1ccc(N=[14C]=O)cc1N=[14C]=O. The van der Waals surface area contributed by atoms with Crippen LogP contribution in [-0.4, -0.2) is 12.2 Å². The maximum absolute atomic E-state index is 10.00. The lowest BCUT2D eigenvalue weighted by molar-refractivity contribution is 0.565. The summed E-state index contributed by atoms with van der Waals surface area (Å²) >= 11 is 0. The fraction of sp³-hybridized carbons (Fsp3) is 0.111. The average molecular weight is 178 g/mol. The van der Waals surface area contributed by atoms with Gasteiger partial charge in [0.25, 0.3) is 0 Å².